The van der Waals surface area contributed by atoms with E-state index in [-0.39, 0.29) is 5.82 Å². The molecule has 2 N–H and O–H groups in total. The Kier molecular flexibility index (Phi) is 3.66. The van der Waals surface area contributed by atoms with Crippen LogP contribution >= 0.6 is 11.6 Å². The van der Waals surface area contributed by atoms with E-state index in [1.807, 2.05) is 0 Å². The SMILES string of the molecule is C[C@H]1CNCC[C@@H]1Nc1ccc(Cl)cc1F. The highest BCUT2D eigenvalue weighted by molar-refractivity contribution is 6.30. The van der Waals surface area contributed by atoms with E-state index in [2.05, 4.69) is 17.6 Å². The van der Waals surface area contributed by atoms with Crippen molar-refractivity contribution in [2.45, 2.75) is 19.4 Å². The number of benzene rings is 1. The molecule has 2 rings (SSSR count). The summed E-state index contributed by atoms with van der Waals surface area (Å²) in [5, 5.41) is 7.00. The molecule has 1 aromatic carbocycles. The molecule has 1 fully saturated rings. The number of rotatable bonds is 2. The van der Waals surface area contributed by atoms with Crippen LogP contribution in [0.1, 0.15) is 13.3 Å². The predicted molar refractivity (Wildman–Crippen MR) is 65.5 cm³/mol. The first kappa shape index (κ1) is 11.7. The average molecular weight is 243 g/mol. The van der Waals surface area contributed by atoms with E-state index in [4.69, 9.17) is 11.6 Å². The second-order valence-corrected chi connectivity index (χ2v) is 4.78. The van der Waals surface area contributed by atoms with Crippen LogP contribution in [-0.4, -0.2) is 19.1 Å². The fourth-order valence-corrected chi connectivity index (χ4v) is 2.19. The lowest BCUT2D eigenvalue weighted by Gasteiger charge is -2.31. The molecule has 0 spiro atoms. The van der Waals surface area contributed by atoms with E-state index >= 15 is 0 Å². The molecule has 0 radical (unpaired) electrons. The second-order valence-electron chi connectivity index (χ2n) is 4.35. The van der Waals surface area contributed by atoms with Crippen LogP contribution in [0, 0.1) is 11.7 Å². The van der Waals surface area contributed by atoms with Crippen molar-refractivity contribution < 1.29 is 4.39 Å². The van der Waals surface area contributed by atoms with Crippen molar-refractivity contribution in [3.63, 3.8) is 0 Å². The molecule has 0 bridgehead atoms. The lowest BCUT2D eigenvalue weighted by atomic mass is 9.95. The van der Waals surface area contributed by atoms with Crippen LogP contribution in [0.4, 0.5) is 10.1 Å². The third-order valence-corrected chi connectivity index (χ3v) is 3.29. The van der Waals surface area contributed by atoms with E-state index in [1.54, 1.807) is 12.1 Å². The van der Waals surface area contributed by atoms with Gasteiger partial charge in [0.05, 0.1) is 5.69 Å². The fourth-order valence-electron chi connectivity index (χ4n) is 2.03. The molecule has 0 saturated carbocycles. The molecule has 1 aromatic rings. The summed E-state index contributed by atoms with van der Waals surface area (Å²) in [6, 6.07) is 5.08. The van der Waals surface area contributed by atoms with E-state index in [9.17, 15) is 4.39 Å². The Morgan fingerprint density at radius 2 is 2.31 bits per heavy atom. The zero-order chi connectivity index (χ0) is 11.5. The first-order valence-corrected chi connectivity index (χ1v) is 5.97. The zero-order valence-electron chi connectivity index (χ0n) is 9.26. The van der Waals surface area contributed by atoms with Crippen molar-refractivity contribution in [2.24, 2.45) is 5.92 Å². The number of anilines is 1. The van der Waals surface area contributed by atoms with Gasteiger partial charge in [-0.25, -0.2) is 4.39 Å². The standard InChI is InChI=1S/C12H16ClFN2/c1-8-7-15-5-4-11(8)16-12-3-2-9(13)6-10(12)14/h2-3,6,8,11,15-16H,4-5,7H2,1H3/t8-,11-/m0/s1. The van der Waals surface area contributed by atoms with Gasteiger partial charge in [-0.05, 0) is 43.6 Å². The Labute approximate surface area is 100 Å². The Morgan fingerprint density at radius 3 is 3.00 bits per heavy atom. The van der Waals surface area contributed by atoms with Crippen LogP contribution in [0.15, 0.2) is 18.2 Å². The smallest absolute Gasteiger partial charge is 0.147 e. The average Bonchev–Trinajstić information content (AvgIpc) is 2.25. The van der Waals surface area contributed by atoms with Crippen LogP contribution in [0.3, 0.4) is 0 Å². The summed E-state index contributed by atoms with van der Waals surface area (Å²) in [6.45, 7) is 4.13. The maximum atomic E-state index is 13.6. The molecule has 4 heteroatoms. The van der Waals surface area contributed by atoms with E-state index in [0.29, 0.717) is 22.7 Å². The maximum absolute atomic E-state index is 13.6. The molecular formula is C12H16ClFN2. The van der Waals surface area contributed by atoms with Crippen molar-refractivity contribution in [3.8, 4) is 0 Å². The molecule has 1 aliphatic rings. The molecule has 2 atom stereocenters. The summed E-state index contributed by atoms with van der Waals surface area (Å²) in [5.74, 6) is 0.224. The molecule has 16 heavy (non-hydrogen) atoms. The van der Waals surface area contributed by atoms with Crippen LogP contribution in [-0.2, 0) is 0 Å². The first-order valence-electron chi connectivity index (χ1n) is 5.59. The molecule has 88 valence electrons. The molecule has 0 amide bonds. The quantitative estimate of drug-likeness (QED) is 0.833. The second kappa shape index (κ2) is 5.02. The summed E-state index contributed by atoms with van der Waals surface area (Å²) in [5.41, 5.74) is 0.545. The van der Waals surface area contributed by atoms with E-state index in [1.165, 1.54) is 6.07 Å². The minimum Gasteiger partial charge on any atom is -0.380 e. The fraction of sp³-hybridized carbons (Fsp3) is 0.500. The molecule has 1 aliphatic heterocycles. The minimum absolute atomic E-state index is 0.279. The topological polar surface area (TPSA) is 24.1 Å². The third kappa shape index (κ3) is 2.66. The van der Waals surface area contributed by atoms with Crippen LogP contribution in [0.25, 0.3) is 0 Å². The Bertz CT molecular complexity index is 370. The molecular weight excluding hydrogens is 227 g/mol. The van der Waals surface area contributed by atoms with Crippen molar-refractivity contribution in [1.82, 2.24) is 5.32 Å². The Balaban J connectivity index is 2.07. The summed E-state index contributed by atoms with van der Waals surface area (Å²) >= 11 is 5.71. The first-order chi connectivity index (χ1) is 7.66. The van der Waals surface area contributed by atoms with Gasteiger partial charge >= 0.3 is 0 Å². The van der Waals surface area contributed by atoms with Gasteiger partial charge in [-0.15, -0.1) is 0 Å². The van der Waals surface area contributed by atoms with Gasteiger partial charge < -0.3 is 10.6 Å². The third-order valence-electron chi connectivity index (χ3n) is 3.06. The molecule has 0 aliphatic carbocycles. The van der Waals surface area contributed by atoms with Crippen LogP contribution in [0.5, 0.6) is 0 Å². The summed E-state index contributed by atoms with van der Waals surface area (Å²) in [4.78, 5) is 0. The van der Waals surface area contributed by atoms with Gasteiger partial charge in [0.15, 0.2) is 0 Å². The molecule has 0 unspecified atom stereocenters. The normalized spacial score (nSPS) is 25.4. The summed E-state index contributed by atoms with van der Waals surface area (Å²) in [6.07, 6.45) is 1.02. The van der Waals surface area contributed by atoms with Crippen LogP contribution in [0.2, 0.25) is 5.02 Å². The largest absolute Gasteiger partial charge is 0.380 e. The van der Waals surface area contributed by atoms with Gasteiger partial charge in [-0.3, -0.25) is 0 Å². The number of hydrogen-bond donors (Lipinski definition) is 2. The number of piperidine rings is 1. The highest BCUT2D eigenvalue weighted by atomic mass is 35.5. The van der Waals surface area contributed by atoms with E-state index in [0.717, 1.165) is 19.5 Å². The molecule has 2 nitrogen and oxygen atoms in total. The van der Waals surface area contributed by atoms with Gasteiger partial charge in [0.25, 0.3) is 0 Å². The van der Waals surface area contributed by atoms with Gasteiger partial charge in [0, 0.05) is 11.1 Å². The highest BCUT2D eigenvalue weighted by Crippen LogP contribution is 2.22. The maximum Gasteiger partial charge on any atom is 0.147 e. The summed E-state index contributed by atoms with van der Waals surface area (Å²) < 4.78 is 13.6. The van der Waals surface area contributed by atoms with Crippen molar-refractivity contribution in [1.29, 1.82) is 0 Å². The lowest BCUT2D eigenvalue weighted by Crippen LogP contribution is -2.42. The molecule has 0 aromatic heterocycles. The molecule has 1 heterocycles. The van der Waals surface area contributed by atoms with E-state index < -0.39 is 0 Å². The van der Waals surface area contributed by atoms with Gasteiger partial charge in [0.2, 0.25) is 0 Å². The predicted octanol–water partition coefficient (Wildman–Crippen LogP) is 2.89. The summed E-state index contributed by atoms with van der Waals surface area (Å²) in [7, 11) is 0. The number of hydrogen-bond acceptors (Lipinski definition) is 2. The van der Waals surface area contributed by atoms with Gasteiger partial charge in [-0.2, -0.15) is 0 Å². The molecule has 1 saturated heterocycles. The van der Waals surface area contributed by atoms with Crippen molar-refractivity contribution in [3.05, 3.63) is 29.0 Å². The van der Waals surface area contributed by atoms with Gasteiger partial charge in [-0.1, -0.05) is 18.5 Å². The lowest BCUT2D eigenvalue weighted by molar-refractivity contribution is 0.367. The highest BCUT2D eigenvalue weighted by Gasteiger charge is 2.21. The van der Waals surface area contributed by atoms with Crippen molar-refractivity contribution in [2.75, 3.05) is 18.4 Å². The minimum atomic E-state index is -0.279. The van der Waals surface area contributed by atoms with Crippen LogP contribution < -0.4 is 10.6 Å². The Morgan fingerprint density at radius 1 is 1.50 bits per heavy atom. The number of nitrogens with one attached hydrogen (secondary N) is 2. The zero-order valence-corrected chi connectivity index (χ0v) is 10.0. The van der Waals surface area contributed by atoms with Gasteiger partial charge in [0.1, 0.15) is 5.82 Å². The van der Waals surface area contributed by atoms with Crippen molar-refractivity contribution >= 4 is 17.3 Å². The number of halogens is 2. The monoisotopic (exact) mass is 242 g/mol. The Hall–Kier alpha value is -0.800.